The summed E-state index contributed by atoms with van der Waals surface area (Å²) in [5.41, 5.74) is 2.87. The van der Waals surface area contributed by atoms with Crippen LogP contribution in [0.1, 0.15) is 149 Å². The molecule has 61 heavy (non-hydrogen) atoms. The quantitative estimate of drug-likeness (QED) is 0.0328. The van der Waals surface area contributed by atoms with Gasteiger partial charge in [0.1, 0.15) is 23.0 Å². The van der Waals surface area contributed by atoms with Crippen molar-refractivity contribution in [1.29, 1.82) is 0 Å². The van der Waals surface area contributed by atoms with Crippen LogP contribution in [0, 0.1) is 5.41 Å². The molecule has 0 saturated heterocycles. The third-order valence-corrected chi connectivity index (χ3v) is 10.3. The van der Waals surface area contributed by atoms with E-state index in [1.54, 1.807) is 85.2 Å². The van der Waals surface area contributed by atoms with E-state index in [-0.39, 0.29) is 30.1 Å². The topological polar surface area (TPSA) is 136 Å². The molecule has 0 aliphatic carbocycles. The zero-order valence-corrected chi connectivity index (χ0v) is 36.7. The van der Waals surface area contributed by atoms with E-state index in [9.17, 15) is 19.8 Å². The molecule has 0 atom stereocenters. The second-order valence-electron chi connectivity index (χ2n) is 16.3. The Hall–Kier alpha value is -5.64. The maximum atomic E-state index is 12.8. The molecular weight excluding hydrogens is 769 g/mol. The number of ether oxygens (including phenoxy) is 4. The number of phenolic OH excluding ortho intramolecular Hbond substituents is 2. The Balaban J connectivity index is 1.12. The molecule has 0 saturated carbocycles. The highest BCUT2D eigenvalue weighted by Crippen LogP contribution is 2.27. The van der Waals surface area contributed by atoms with Crippen molar-refractivity contribution >= 4 is 35.7 Å². The minimum Gasteiger partial charge on any atom is -0.507 e. The molecular formula is C51H66N2O8. The van der Waals surface area contributed by atoms with Crippen LogP contribution in [0.25, 0.3) is 0 Å². The van der Waals surface area contributed by atoms with E-state index >= 15 is 0 Å². The standard InChI is InChI=1S/C51H66N2O8/c1-5-7-9-11-13-15-31-58-45-28-22-41(47(54)34-45)36-52-43-24-18-39(19-25-43)49(56)60-33-17-30-51(3,4)38-61-50(57)40-20-26-44(27-21-40)53-37-42-23-29-46(35-48(42)55)59-32-16-14-12-10-8-6-2/h18-29,34-37,54-55H,5-17,30-33,38H2,1-4H3. The lowest BCUT2D eigenvalue weighted by molar-refractivity contribution is 0.0300. The molecule has 0 bridgehead atoms. The van der Waals surface area contributed by atoms with Crippen molar-refractivity contribution in [2.75, 3.05) is 26.4 Å². The van der Waals surface area contributed by atoms with Gasteiger partial charge in [-0.25, -0.2) is 9.59 Å². The van der Waals surface area contributed by atoms with Gasteiger partial charge in [-0.2, -0.15) is 0 Å². The average molecular weight is 835 g/mol. The average Bonchev–Trinajstić information content (AvgIpc) is 3.26. The van der Waals surface area contributed by atoms with Crippen LogP contribution in [0.15, 0.2) is 94.9 Å². The fraction of sp³-hybridized carbons (Fsp3) is 0.451. The van der Waals surface area contributed by atoms with Gasteiger partial charge in [-0.05, 0) is 104 Å². The van der Waals surface area contributed by atoms with Crippen LogP contribution in [-0.2, 0) is 9.47 Å². The molecule has 0 aliphatic heterocycles. The predicted molar refractivity (Wildman–Crippen MR) is 245 cm³/mol. The number of carbonyl (C=O) groups is 2. The van der Waals surface area contributed by atoms with Gasteiger partial charge < -0.3 is 29.2 Å². The van der Waals surface area contributed by atoms with Gasteiger partial charge in [0.25, 0.3) is 0 Å². The molecule has 10 heteroatoms. The molecule has 0 aliphatic rings. The Morgan fingerprint density at radius 2 is 0.967 bits per heavy atom. The number of hydrogen-bond acceptors (Lipinski definition) is 10. The van der Waals surface area contributed by atoms with Gasteiger partial charge in [-0.3, -0.25) is 9.98 Å². The lowest BCUT2D eigenvalue weighted by atomic mass is 9.89. The number of hydrogen-bond donors (Lipinski definition) is 2. The van der Waals surface area contributed by atoms with Crippen molar-refractivity contribution in [1.82, 2.24) is 0 Å². The van der Waals surface area contributed by atoms with Gasteiger partial charge in [0, 0.05) is 35.7 Å². The highest BCUT2D eigenvalue weighted by atomic mass is 16.5. The minimum atomic E-state index is -0.435. The molecule has 0 unspecified atom stereocenters. The number of esters is 2. The van der Waals surface area contributed by atoms with Gasteiger partial charge in [0.05, 0.1) is 48.9 Å². The highest BCUT2D eigenvalue weighted by Gasteiger charge is 2.21. The number of aliphatic imine (C=N–C) groups is 2. The van der Waals surface area contributed by atoms with Gasteiger partial charge >= 0.3 is 11.9 Å². The zero-order valence-electron chi connectivity index (χ0n) is 36.7. The van der Waals surface area contributed by atoms with Crippen molar-refractivity contribution in [2.45, 2.75) is 118 Å². The van der Waals surface area contributed by atoms with Crippen molar-refractivity contribution in [2.24, 2.45) is 15.4 Å². The molecule has 0 heterocycles. The third-order valence-electron chi connectivity index (χ3n) is 10.3. The number of carbonyl (C=O) groups excluding carboxylic acids is 2. The molecule has 328 valence electrons. The molecule has 4 aromatic carbocycles. The zero-order chi connectivity index (χ0) is 43.7. The van der Waals surface area contributed by atoms with Gasteiger partial charge in [-0.15, -0.1) is 0 Å². The Morgan fingerprint density at radius 3 is 1.41 bits per heavy atom. The largest absolute Gasteiger partial charge is 0.507 e. The number of nitrogens with zero attached hydrogens (tertiary/aromatic N) is 2. The Labute approximate surface area is 363 Å². The van der Waals surface area contributed by atoms with Crippen molar-refractivity contribution in [3.63, 3.8) is 0 Å². The maximum absolute atomic E-state index is 12.8. The monoisotopic (exact) mass is 834 g/mol. The normalized spacial score (nSPS) is 11.6. The summed E-state index contributed by atoms with van der Waals surface area (Å²) in [4.78, 5) is 34.4. The summed E-state index contributed by atoms with van der Waals surface area (Å²) in [6.45, 7) is 10.1. The predicted octanol–water partition coefficient (Wildman–Crippen LogP) is 12.9. The fourth-order valence-electron chi connectivity index (χ4n) is 6.46. The first-order chi connectivity index (χ1) is 29.6. The van der Waals surface area contributed by atoms with E-state index < -0.39 is 11.9 Å². The highest BCUT2D eigenvalue weighted by molar-refractivity contribution is 5.91. The molecule has 0 amide bonds. The molecule has 10 nitrogen and oxygen atoms in total. The lowest BCUT2D eigenvalue weighted by Gasteiger charge is -2.24. The first kappa shape index (κ1) is 48.0. The van der Waals surface area contributed by atoms with Crippen molar-refractivity contribution in [3.05, 3.63) is 107 Å². The number of rotatable bonds is 28. The Kier molecular flexibility index (Phi) is 20.9. The summed E-state index contributed by atoms with van der Waals surface area (Å²) in [5, 5.41) is 21.0. The minimum absolute atomic E-state index is 0.0865. The summed E-state index contributed by atoms with van der Waals surface area (Å²) in [6.07, 6.45) is 18.7. The van der Waals surface area contributed by atoms with Crippen LogP contribution < -0.4 is 9.47 Å². The van der Waals surface area contributed by atoms with E-state index in [2.05, 4.69) is 23.8 Å². The number of benzene rings is 4. The smallest absolute Gasteiger partial charge is 0.338 e. The Morgan fingerprint density at radius 1 is 0.541 bits per heavy atom. The van der Waals surface area contributed by atoms with E-state index in [1.807, 2.05) is 26.0 Å². The van der Waals surface area contributed by atoms with Gasteiger partial charge in [0.15, 0.2) is 0 Å². The number of aromatic hydroxyl groups is 2. The van der Waals surface area contributed by atoms with Crippen LogP contribution in [0.3, 0.4) is 0 Å². The first-order valence-electron chi connectivity index (χ1n) is 22.1. The molecule has 0 radical (unpaired) electrons. The van der Waals surface area contributed by atoms with Gasteiger partial charge in [0.2, 0.25) is 0 Å². The second kappa shape index (κ2) is 26.5. The fourth-order valence-corrected chi connectivity index (χ4v) is 6.46. The summed E-state index contributed by atoms with van der Waals surface area (Å²) in [7, 11) is 0. The summed E-state index contributed by atoms with van der Waals surface area (Å²) in [5.74, 6) is 0.567. The summed E-state index contributed by atoms with van der Waals surface area (Å²) in [6, 6.07) is 23.9. The van der Waals surface area contributed by atoms with Crippen LogP contribution in [-0.4, -0.2) is 61.0 Å². The van der Waals surface area contributed by atoms with E-state index in [0.29, 0.717) is 71.2 Å². The summed E-state index contributed by atoms with van der Waals surface area (Å²) >= 11 is 0. The molecule has 4 rings (SSSR count). The van der Waals surface area contributed by atoms with E-state index in [4.69, 9.17) is 18.9 Å². The first-order valence-corrected chi connectivity index (χ1v) is 22.1. The Bertz CT molecular complexity index is 1970. The van der Waals surface area contributed by atoms with Crippen LogP contribution >= 0.6 is 0 Å². The second-order valence-corrected chi connectivity index (χ2v) is 16.3. The third kappa shape index (κ3) is 18.3. The van der Waals surface area contributed by atoms with Crippen LogP contribution in [0.4, 0.5) is 11.4 Å². The lowest BCUT2D eigenvalue weighted by Crippen LogP contribution is -2.22. The molecule has 2 N–H and O–H groups in total. The summed E-state index contributed by atoms with van der Waals surface area (Å²) < 4.78 is 22.7. The van der Waals surface area contributed by atoms with E-state index in [1.165, 1.54) is 51.4 Å². The maximum Gasteiger partial charge on any atom is 0.338 e. The molecule has 0 aromatic heterocycles. The molecule has 0 spiro atoms. The van der Waals surface area contributed by atoms with Crippen LogP contribution in [0.2, 0.25) is 0 Å². The molecule has 0 fully saturated rings. The SMILES string of the molecule is CCCCCCCCOc1ccc(C=Nc2ccc(C(=O)OCCCC(C)(C)COC(=O)c3ccc(N=Cc4ccc(OCCCCCCCC)cc4O)cc3)cc2)c(O)c1. The van der Waals surface area contributed by atoms with Gasteiger partial charge in [-0.1, -0.05) is 91.9 Å². The van der Waals surface area contributed by atoms with Crippen molar-refractivity contribution < 1.29 is 38.7 Å². The molecule has 4 aromatic rings. The number of phenols is 2. The van der Waals surface area contributed by atoms with E-state index in [0.717, 1.165) is 25.7 Å². The number of unbranched alkanes of at least 4 members (excludes halogenated alkanes) is 10. The van der Waals surface area contributed by atoms with Crippen LogP contribution in [0.5, 0.6) is 23.0 Å². The van der Waals surface area contributed by atoms with Crippen molar-refractivity contribution in [3.8, 4) is 23.0 Å².